The molecule has 0 amide bonds. The number of sulfonamides is 1. The Morgan fingerprint density at radius 1 is 1.53 bits per heavy atom. The molecule has 2 N–H and O–H groups in total. The first-order chi connectivity index (χ1) is 7.87. The molecule has 5 nitrogen and oxygen atoms in total. The van der Waals surface area contributed by atoms with E-state index in [2.05, 4.69) is 4.90 Å². The van der Waals surface area contributed by atoms with Crippen molar-refractivity contribution < 1.29 is 8.42 Å². The van der Waals surface area contributed by atoms with Crippen LogP contribution in [0.4, 0.5) is 0 Å². The van der Waals surface area contributed by atoms with Gasteiger partial charge < -0.3 is 10.6 Å². The van der Waals surface area contributed by atoms with Crippen LogP contribution in [-0.2, 0) is 10.0 Å². The third-order valence-electron chi connectivity index (χ3n) is 3.41. The van der Waals surface area contributed by atoms with Gasteiger partial charge in [0.05, 0.1) is 5.25 Å². The van der Waals surface area contributed by atoms with Gasteiger partial charge in [-0.3, -0.25) is 0 Å². The first-order valence-electron chi connectivity index (χ1n) is 6.21. The highest BCUT2D eigenvalue weighted by Crippen LogP contribution is 2.19. The van der Waals surface area contributed by atoms with Crippen molar-refractivity contribution in [3.63, 3.8) is 0 Å². The molecular formula is C11H25N3O2S. The summed E-state index contributed by atoms with van der Waals surface area (Å²) < 4.78 is 26.2. The minimum absolute atomic E-state index is 0.205. The van der Waals surface area contributed by atoms with Crippen LogP contribution in [0.25, 0.3) is 0 Å². The van der Waals surface area contributed by atoms with E-state index in [0.717, 1.165) is 19.4 Å². The van der Waals surface area contributed by atoms with Crippen LogP contribution in [0.2, 0.25) is 0 Å². The third-order valence-corrected chi connectivity index (χ3v) is 5.65. The minimum Gasteiger partial charge on any atom is -0.330 e. The molecule has 17 heavy (non-hydrogen) atoms. The van der Waals surface area contributed by atoms with Crippen LogP contribution in [0.1, 0.15) is 19.8 Å². The molecule has 1 saturated heterocycles. The Morgan fingerprint density at radius 3 is 2.71 bits per heavy atom. The molecule has 0 saturated carbocycles. The fraction of sp³-hybridized carbons (Fsp3) is 1.00. The largest absolute Gasteiger partial charge is 0.330 e. The van der Waals surface area contributed by atoms with E-state index in [1.165, 1.54) is 4.31 Å². The smallest absolute Gasteiger partial charge is 0.218 e. The monoisotopic (exact) mass is 263 g/mol. The number of hydrogen-bond donors (Lipinski definition) is 1. The average molecular weight is 263 g/mol. The number of hydrogen-bond acceptors (Lipinski definition) is 4. The topological polar surface area (TPSA) is 66.6 Å². The second kappa shape index (κ2) is 6.13. The zero-order valence-corrected chi connectivity index (χ0v) is 11.9. The highest BCUT2D eigenvalue weighted by molar-refractivity contribution is 7.89. The van der Waals surface area contributed by atoms with Crippen LogP contribution >= 0.6 is 0 Å². The Balaban J connectivity index is 2.66. The lowest BCUT2D eigenvalue weighted by molar-refractivity contribution is 0.271. The van der Waals surface area contributed by atoms with Crippen molar-refractivity contribution in [1.82, 2.24) is 9.21 Å². The van der Waals surface area contributed by atoms with Gasteiger partial charge in [0.1, 0.15) is 0 Å². The fourth-order valence-electron chi connectivity index (χ4n) is 2.23. The van der Waals surface area contributed by atoms with Crippen molar-refractivity contribution in [2.75, 3.05) is 40.3 Å². The Labute approximate surface area is 105 Å². The van der Waals surface area contributed by atoms with Crippen LogP contribution < -0.4 is 5.73 Å². The van der Waals surface area contributed by atoms with Gasteiger partial charge in [0.15, 0.2) is 0 Å². The molecule has 0 bridgehead atoms. The van der Waals surface area contributed by atoms with Crippen molar-refractivity contribution in [1.29, 1.82) is 0 Å². The quantitative estimate of drug-likeness (QED) is 0.754. The van der Waals surface area contributed by atoms with Gasteiger partial charge in [0.2, 0.25) is 10.0 Å². The molecule has 102 valence electrons. The summed E-state index contributed by atoms with van der Waals surface area (Å²) in [7, 11) is 0.475. The summed E-state index contributed by atoms with van der Waals surface area (Å²) in [5.41, 5.74) is 5.53. The molecule has 1 aliphatic rings. The van der Waals surface area contributed by atoms with E-state index in [4.69, 9.17) is 5.73 Å². The van der Waals surface area contributed by atoms with Crippen molar-refractivity contribution in [3.05, 3.63) is 0 Å². The lowest BCUT2D eigenvalue weighted by Crippen LogP contribution is -2.46. The Kier molecular flexibility index (Phi) is 5.37. The number of likely N-dealkylation sites (tertiary alicyclic amines) is 1. The van der Waals surface area contributed by atoms with E-state index in [1.54, 1.807) is 7.05 Å². The lowest BCUT2D eigenvalue weighted by atomic mass is 10.1. The zero-order valence-electron chi connectivity index (χ0n) is 11.1. The van der Waals surface area contributed by atoms with Crippen LogP contribution in [0.3, 0.4) is 0 Å². The molecule has 2 unspecified atom stereocenters. The van der Waals surface area contributed by atoms with Crippen LogP contribution in [-0.4, -0.2) is 63.1 Å². The third kappa shape index (κ3) is 3.91. The predicted octanol–water partition coefficient (Wildman–Crippen LogP) is -0.0630. The number of nitrogens with two attached hydrogens (primary N) is 1. The number of piperidine rings is 1. The molecule has 1 aliphatic heterocycles. The summed E-state index contributed by atoms with van der Waals surface area (Å²) >= 11 is 0. The molecule has 1 fully saturated rings. The first-order valence-corrected chi connectivity index (χ1v) is 7.72. The molecule has 0 aromatic carbocycles. The molecule has 0 radical (unpaired) electrons. The number of rotatable bonds is 5. The van der Waals surface area contributed by atoms with Gasteiger partial charge in [-0.1, -0.05) is 6.92 Å². The summed E-state index contributed by atoms with van der Waals surface area (Å²) in [5.74, 6) is 0.205. The summed E-state index contributed by atoms with van der Waals surface area (Å²) in [5, 5.41) is -0.253. The summed E-state index contributed by atoms with van der Waals surface area (Å²) in [4.78, 5) is 2.09. The van der Waals surface area contributed by atoms with Crippen molar-refractivity contribution >= 4 is 10.0 Å². The summed E-state index contributed by atoms with van der Waals surface area (Å²) in [6.07, 6.45) is 1.73. The molecule has 0 aromatic rings. The van der Waals surface area contributed by atoms with Gasteiger partial charge in [0, 0.05) is 20.1 Å². The zero-order chi connectivity index (χ0) is 13.1. The number of nitrogens with zero attached hydrogens (tertiary/aromatic N) is 2. The van der Waals surface area contributed by atoms with Gasteiger partial charge in [-0.05, 0) is 38.9 Å². The molecule has 1 heterocycles. The summed E-state index contributed by atoms with van der Waals surface area (Å²) in [6.45, 7) is 4.64. The van der Waals surface area contributed by atoms with Gasteiger partial charge >= 0.3 is 0 Å². The predicted molar refractivity (Wildman–Crippen MR) is 70.3 cm³/mol. The second-order valence-corrected chi connectivity index (χ2v) is 7.51. The van der Waals surface area contributed by atoms with Crippen molar-refractivity contribution in [3.8, 4) is 0 Å². The van der Waals surface area contributed by atoms with Crippen LogP contribution in [0.15, 0.2) is 0 Å². The van der Waals surface area contributed by atoms with Crippen LogP contribution in [0.5, 0.6) is 0 Å². The van der Waals surface area contributed by atoms with E-state index < -0.39 is 10.0 Å². The normalized spacial score (nSPS) is 25.1. The molecule has 1 rings (SSSR count). The standard InChI is InChI=1S/C11H25N3O2S/c1-10(7-12)8-14(3)17(15,16)11-5-4-6-13(2)9-11/h10-11H,4-9,12H2,1-3H3. The van der Waals surface area contributed by atoms with E-state index in [0.29, 0.717) is 19.6 Å². The Bertz CT molecular complexity index is 332. The first kappa shape index (κ1) is 14.9. The van der Waals surface area contributed by atoms with Crippen molar-refractivity contribution in [2.45, 2.75) is 25.0 Å². The van der Waals surface area contributed by atoms with Gasteiger partial charge in [-0.25, -0.2) is 12.7 Å². The van der Waals surface area contributed by atoms with Gasteiger partial charge in [-0.15, -0.1) is 0 Å². The van der Waals surface area contributed by atoms with E-state index >= 15 is 0 Å². The molecule has 2 atom stereocenters. The van der Waals surface area contributed by atoms with Crippen molar-refractivity contribution in [2.24, 2.45) is 11.7 Å². The Hall–Kier alpha value is -0.170. The van der Waals surface area contributed by atoms with E-state index in [9.17, 15) is 8.42 Å². The summed E-state index contributed by atoms with van der Waals surface area (Å²) in [6, 6.07) is 0. The molecule has 0 aliphatic carbocycles. The lowest BCUT2D eigenvalue weighted by Gasteiger charge is -2.32. The minimum atomic E-state index is -3.16. The molecule has 0 aromatic heterocycles. The van der Waals surface area contributed by atoms with E-state index in [-0.39, 0.29) is 11.2 Å². The van der Waals surface area contributed by atoms with Gasteiger partial charge in [0.25, 0.3) is 0 Å². The maximum Gasteiger partial charge on any atom is 0.218 e. The SMILES string of the molecule is CC(CN)CN(C)S(=O)(=O)C1CCCN(C)C1. The molecular weight excluding hydrogens is 238 g/mol. The van der Waals surface area contributed by atoms with E-state index in [1.807, 2.05) is 14.0 Å². The van der Waals surface area contributed by atoms with Gasteiger partial charge in [-0.2, -0.15) is 0 Å². The highest BCUT2D eigenvalue weighted by Gasteiger charge is 2.32. The maximum absolute atomic E-state index is 12.3. The second-order valence-electron chi connectivity index (χ2n) is 5.19. The van der Waals surface area contributed by atoms with Crippen LogP contribution in [0, 0.1) is 5.92 Å². The highest BCUT2D eigenvalue weighted by atomic mass is 32.2. The fourth-order valence-corrected chi connectivity index (χ4v) is 4.11. The Morgan fingerprint density at radius 2 is 2.18 bits per heavy atom. The molecule has 6 heteroatoms. The average Bonchev–Trinajstić information content (AvgIpc) is 2.28. The maximum atomic E-state index is 12.3. The molecule has 0 spiro atoms.